The molecule has 0 amide bonds. The summed E-state index contributed by atoms with van der Waals surface area (Å²) in [4.78, 5) is 20.9. The van der Waals surface area contributed by atoms with Gasteiger partial charge in [-0.1, -0.05) is 85.9 Å². The molecule has 195 valence electrons. The van der Waals surface area contributed by atoms with E-state index in [0.717, 1.165) is 27.9 Å². The number of allylic oxidation sites excluding steroid dienone is 2. The largest absolute Gasteiger partial charge is 0.512 e. The molecule has 0 aliphatic carbocycles. The molecule has 2 aromatic heterocycles. The van der Waals surface area contributed by atoms with Crippen LogP contribution in [0.1, 0.15) is 68.1 Å². The Morgan fingerprint density at radius 1 is 0.972 bits per heavy atom. The van der Waals surface area contributed by atoms with Crippen molar-refractivity contribution in [1.82, 2.24) is 14.4 Å². The van der Waals surface area contributed by atoms with Crippen LogP contribution in [0.2, 0.25) is 0 Å². The summed E-state index contributed by atoms with van der Waals surface area (Å²) in [6.07, 6.45) is 1.33. The van der Waals surface area contributed by atoms with E-state index in [-0.39, 0.29) is 48.3 Å². The van der Waals surface area contributed by atoms with E-state index in [1.165, 1.54) is 18.2 Å². The van der Waals surface area contributed by atoms with Crippen molar-refractivity contribution < 1.29 is 34.4 Å². The zero-order valence-corrected chi connectivity index (χ0v) is 24.8. The van der Waals surface area contributed by atoms with Crippen molar-refractivity contribution in [3.05, 3.63) is 65.9 Å². The molecule has 0 spiro atoms. The molecule has 7 heteroatoms. The monoisotopic (exact) mass is 669 g/mol. The van der Waals surface area contributed by atoms with Crippen molar-refractivity contribution in [3.63, 3.8) is 0 Å². The third-order valence-electron chi connectivity index (χ3n) is 5.55. The van der Waals surface area contributed by atoms with Gasteiger partial charge < -0.3 is 9.51 Å². The van der Waals surface area contributed by atoms with Crippen molar-refractivity contribution in [3.8, 4) is 0 Å². The zero-order chi connectivity index (χ0) is 26.3. The maximum absolute atomic E-state index is 13.6. The van der Waals surface area contributed by atoms with Crippen LogP contribution in [-0.4, -0.2) is 25.3 Å². The third-order valence-corrected chi connectivity index (χ3v) is 5.55. The standard InChI is InChI=1S/C18H15FN3.C11H20O2.Ir/c1-18(2,3)17-21-14-10-11(19)8-9-12(14)16-20-13-6-4-5-7-15(13)22(16)17;1-10(2,3)8(12)7-9(13)11(4,5)6;/h4-8,10H,1-3H3;7,12H,1-6H3;/q-1;;. The summed E-state index contributed by atoms with van der Waals surface area (Å²) in [7, 11) is 0. The first kappa shape index (κ1) is 29.6. The van der Waals surface area contributed by atoms with Gasteiger partial charge in [-0.15, -0.1) is 12.1 Å². The molecule has 0 bridgehead atoms. The number of imidazole rings is 1. The Morgan fingerprint density at radius 2 is 1.58 bits per heavy atom. The van der Waals surface area contributed by atoms with Gasteiger partial charge in [-0.2, -0.15) is 0 Å². The molecule has 0 atom stereocenters. The fourth-order valence-corrected chi connectivity index (χ4v) is 3.36. The first-order valence-corrected chi connectivity index (χ1v) is 11.7. The summed E-state index contributed by atoms with van der Waals surface area (Å²) in [5.74, 6) is 0.635. The van der Waals surface area contributed by atoms with E-state index in [1.54, 1.807) is 0 Å². The molecule has 2 heterocycles. The summed E-state index contributed by atoms with van der Waals surface area (Å²) in [6, 6.07) is 13.7. The van der Waals surface area contributed by atoms with Crippen LogP contribution in [0.4, 0.5) is 4.39 Å². The second-order valence-corrected chi connectivity index (χ2v) is 11.9. The van der Waals surface area contributed by atoms with Crippen LogP contribution >= 0.6 is 0 Å². The van der Waals surface area contributed by atoms with Crippen molar-refractivity contribution in [1.29, 1.82) is 0 Å². The molecule has 0 aliphatic rings. The molecule has 4 rings (SSSR count). The predicted molar refractivity (Wildman–Crippen MR) is 140 cm³/mol. The first-order valence-electron chi connectivity index (χ1n) is 11.7. The number of nitrogens with zero attached hydrogens (tertiary/aromatic N) is 3. The number of rotatable bonds is 1. The van der Waals surface area contributed by atoms with Crippen molar-refractivity contribution >= 4 is 33.4 Å². The van der Waals surface area contributed by atoms with Crippen LogP contribution in [0.15, 0.2) is 48.2 Å². The molecular weight excluding hydrogens is 634 g/mol. The van der Waals surface area contributed by atoms with Gasteiger partial charge in [0.05, 0.1) is 16.7 Å². The minimum atomic E-state index is -0.417. The van der Waals surface area contributed by atoms with E-state index in [1.807, 2.05) is 65.8 Å². The maximum atomic E-state index is 13.6. The average Bonchev–Trinajstić information content (AvgIpc) is 3.10. The molecule has 0 fully saturated rings. The van der Waals surface area contributed by atoms with Gasteiger partial charge in [0.1, 0.15) is 11.6 Å². The molecule has 0 unspecified atom stereocenters. The molecular formula is C29H35FIrN3O2-. The van der Waals surface area contributed by atoms with Gasteiger partial charge in [-0.25, -0.2) is 0 Å². The maximum Gasteiger partial charge on any atom is 0.164 e. The Morgan fingerprint density at radius 3 is 2.14 bits per heavy atom. The second-order valence-electron chi connectivity index (χ2n) is 11.9. The number of carbonyl (C=O) groups is 1. The normalized spacial score (nSPS) is 12.9. The molecule has 1 N–H and O–H groups in total. The topological polar surface area (TPSA) is 67.5 Å². The van der Waals surface area contributed by atoms with Crippen LogP contribution in [0.25, 0.3) is 27.6 Å². The van der Waals surface area contributed by atoms with Gasteiger partial charge in [-0.3, -0.25) is 19.2 Å². The Hall–Kier alpha value is -2.63. The Labute approximate surface area is 226 Å². The number of hydrogen-bond donors (Lipinski definition) is 1. The molecule has 0 aliphatic heterocycles. The molecule has 36 heavy (non-hydrogen) atoms. The number of aliphatic hydroxyl groups is 1. The predicted octanol–water partition coefficient (Wildman–Crippen LogP) is 7.36. The summed E-state index contributed by atoms with van der Waals surface area (Å²) in [5.41, 5.74) is 2.32. The van der Waals surface area contributed by atoms with E-state index in [0.29, 0.717) is 5.52 Å². The van der Waals surface area contributed by atoms with Gasteiger partial charge in [0, 0.05) is 48.2 Å². The Balaban J connectivity index is 0.000000285. The number of hydrogen-bond acceptors (Lipinski definition) is 4. The van der Waals surface area contributed by atoms with Crippen LogP contribution in [0.3, 0.4) is 0 Å². The second kappa shape index (κ2) is 10.4. The van der Waals surface area contributed by atoms with Gasteiger partial charge in [-0.05, 0) is 17.6 Å². The third kappa shape index (κ3) is 6.37. The number of carbonyl (C=O) groups excluding carboxylic acids is 1. The SMILES string of the molecule is CC(C)(C)C(=O)C=C(O)C(C)(C)C.CC(C)(C)c1nc2cc(F)c[c-]c2c2nc3ccccc3n12.[Ir]. The summed E-state index contributed by atoms with van der Waals surface area (Å²) >= 11 is 0. The number of aliphatic hydroxyl groups excluding tert-OH is 1. The number of halogens is 1. The summed E-state index contributed by atoms with van der Waals surface area (Å²) < 4.78 is 15.6. The van der Waals surface area contributed by atoms with Crippen LogP contribution in [0.5, 0.6) is 0 Å². The van der Waals surface area contributed by atoms with E-state index in [4.69, 9.17) is 9.97 Å². The minimum absolute atomic E-state index is 0. The van der Waals surface area contributed by atoms with Gasteiger partial charge in [0.25, 0.3) is 0 Å². The molecule has 4 aromatic rings. The first-order chi connectivity index (χ1) is 16.0. The number of aromatic nitrogens is 3. The van der Waals surface area contributed by atoms with E-state index in [9.17, 15) is 14.3 Å². The fraction of sp³-hybridized carbons (Fsp3) is 0.414. The number of fused-ring (bicyclic) bond motifs is 5. The molecule has 0 saturated heterocycles. The van der Waals surface area contributed by atoms with Crippen molar-refractivity contribution in [2.75, 3.05) is 0 Å². The fourth-order valence-electron chi connectivity index (χ4n) is 3.36. The number of ketones is 1. The Kier molecular flexibility index (Phi) is 8.54. The Bertz CT molecular complexity index is 1430. The molecule has 1 radical (unpaired) electrons. The van der Waals surface area contributed by atoms with Crippen molar-refractivity contribution in [2.24, 2.45) is 10.8 Å². The van der Waals surface area contributed by atoms with E-state index in [2.05, 4.69) is 31.2 Å². The molecule has 5 nitrogen and oxygen atoms in total. The average molecular weight is 669 g/mol. The smallest absolute Gasteiger partial charge is 0.164 e. The van der Waals surface area contributed by atoms with Gasteiger partial charge in [0.2, 0.25) is 0 Å². The molecule has 0 saturated carbocycles. The van der Waals surface area contributed by atoms with Crippen LogP contribution < -0.4 is 0 Å². The van der Waals surface area contributed by atoms with Crippen LogP contribution in [-0.2, 0) is 30.3 Å². The summed E-state index contributed by atoms with van der Waals surface area (Å²) in [6.45, 7) is 17.4. The van der Waals surface area contributed by atoms with E-state index >= 15 is 0 Å². The number of benzene rings is 2. The van der Waals surface area contributed by atoms with Gasteiger partial charge >= 0.3 is 0 Å². The molecule has 2 aromatic carbocycles. The zero-order valence-electron chi connectivity index (χ0n) is 22.4. The minimum Gasteiger partial charge on any atom is -0.512 e. The quantitative estimate of drug-likeness (QED) is 0.131. The van der Waals surface area contributed by atoms with Crippen LogP contribution in [0, 0.1) is 22.7 Å². The van der Waals surface area contributed by atoms with E-state index < -0.39 is 5.41 Å². The van der Waals surface area contributed by atoms with Gasteiger partial charge in [0.15, 0.2) is 5.78 Å². The summed E-state index contributed by atoms with van der Waals surface area (Å²) in [5, 5.41) is 10.3. The number of para-hydroxylation sites is 2. The van der Waals surface area contributed by atoms with Crippen molar-refractivity contribution in [2.45, 2.75) is 67.7 Å².